The van der Waals surface area contributed by atoms with Gasteiger partial charge >= 0.3 is 0 Å². The Morgan fingerprint density at radius 3 is 2.45 bits per heavy atom. The van der Waals surface area contributed by atoms with E-state index in [4.69, 9.17) is 4.74 Å². The predicted octanol–water partition coefficient (Wildman–Crippen LogP) is 5.32. The Morgan fingerprint density at radius 2 is 1.84 bits per heavy atom. The number of H-pyrrole nitrogens is 1. The molecule has 1 aromatic carbocycles. The van der Waals surface area contributed by atoms with Gasteiger partial charge in [-0.2, -0.15) is 0 Å². The number of ether oxygens (including phenoxy) is 1. The van der Waals surface area contributed by atoms with Crippen molar-refractivity contribution in [3.05, 3.63) is 52.8 Å². The number of likely N-dealkylation sites (tertiary alicyclic amines) is 1. The van der Waals surface area contributed by atoms with Crippen molar-refractivity contribution in [1.29, 1.82) is 0 Å². The molecule has 0 unspecified atom stereocenters. The molecule has 1 aliphatic heterocycles. The smallest absolute Gasteiger partial charge is 0.248 e. The third-order valence-electron chi connectivity index (χ3n) is 6.40. The average Bonchev–Trinajstić information content (AvgIpc) is 3.12. The molecule has 2 aromatic heterocycles. The van der Waals surface area contributed by atoms with Crippen molar-refractivity contribution in [2.75, 3.05) is 26.8 Å². The van der Waals surface area contributed by atoms with Crippen LogP contribution in [0.3, 0.4) is 0 Å². The number of carbonyl (C=O) groups is 1. The number of nitrogens with zero attached hydrogens (tertiary/aromatic N) is 2. The van der Waals surface area contributed by atoms with Crippen LogP contribution in [0.1, 0.15) is 61.0 Å². The van der Waals surface area contributed by atoms with E-state index in [1.165, 1.54) is 33.3 Å². The lowest BCUT2D eigenvalue weighted by Gasteiger charge is -2.32. The number of piperidine rings is 1. The zero-order valence-electron chi connectivity index (χ0n) is 19.3. The van der Waals surface area contributed by atoms with Gasteiger partial charge in [0.1, 0.15) is 6.61 Å². The Bertz CT molecular complexity index is 1070. The second-order valence-electron chi connectivity index (χ2n) is 9.10. The molecule has 5 nitrogen and oxygen atoms in total. The van der Waals surface area contributed by atoms with Crippen molar-refractivity contribution in [2.45, 2.75) is 52.4 Å². The van der Waals surface area contributed by atoms with Gasteiger partial charge in [-0.25, -0.2) is 0 Å². The molecule has 0 atom stereocenters. The molecule has 31 heavy (non-hydrogen) atoms. The fourth-order valence-corrected chi connectivity index (χ4v) is 4.97. The van der Waals surface area contributed by atoms with E-state index in [-0.39, 0.29) is 12.5 Å². The lowest BCUT2D eigenvalue weighted by molar-refractivity contribution is -0.136. The minimum absolute atomic E-state index is 0.0942. The van der Waals surface area contributed by atoms with Crippen molar-refractivity contribution in [1.82, 2.24) is 14.9 Å². The lowest BCUT2D eigenvalue weighted by atomic mass is 9.87. The zero-order chi connectivity index (χ0) is 22.1. The molecule has 0 saturated carbocycles. The van der Waals surface area contributed by atoms with Crippen LogP contribution in [0, 0.1) is 13.8 Å². The van der Waals surface area contributed by atoms with E-state index < -0.39 is 0 Å². The predicted molar refractivity (Wildman–Crippen MR) is 126 cm³/mol. The van der Waals surface area contributed by atoms with Crippen molar-refractivity contribution in [3.63, 3.8) is 0 Å². The SMILES string of the molecule is COCC(=O)N1CCC(c2ccc3[nH]c(-c4cc(C)nc(C)c4)c(C(C)C)c3c2)CC1. The summed E-state index contributed by atoms with van der Waals surface area (Å²) in [6.45, 7) is 10.4. The maximum absolute atomic E-state index is 12.1. The van der Waals surface area contributed by atoms with Crippen molar-refractivity contribution in [3.8, 4) is 11.3 Å². The molecule has 1 N–H and O–H groups in total. The number of amides is 1. The minimum Gasteiger partial charge on any atom is -0.375 e. The molecule has 0 radical (unpaired) electrons. The number of pyridine rings is 1. The number of aryl methyl sites for hydroxylation is 2. The molecule has 1 amide bonds. The molecule has 0 aliphatic carbocycles. The Labute approximate surface area is 184 Å². The highest BCUT2D eigenvalue weighted by atomic mass is 16.5. The van der Waals surface area contributed by atoms with Gasteiger partial charge in [0.05, 0.1) is 5.69 Å². The molecule has 3 heterocycles. The molecular formula is C26H33N3O2. The zero-order valence-corrected chi connectivity index (χ0v) is 19.3. The van der Waals surface area contributed by atoms with Gasteiger partial charge in [0, 0.05) is 48.1 Å². The van der Waals surface area contributed by atoms with Crippen LogP contribution in [-0.4, -0.2) is 47.6 Å². The first-order valence-corrected chi connectivity index (χ1v) is 11.2. The average molecular weight is 420 g/mol. The summed E-state index contributed by atoms with van der Waals surface area (Å²) in [5.74, 6) is 0.984. The van der Waals surface area contributed by atoms with Crippen LogP contribution in [0.2, 0.25) is 0 Å². The van der Waals surface area contributed by atoms with Gasteiger partial charge in [-0.3, -0.25) is 9.78 Å². The van der Waals surface area contributed by atoms with Crippen LogP contribution < -0.4 is 0 Å². The normalized spacial score (nSPS) is 15.2. The Hall–Kier alpha value is -2.66. The molecule has 1 fully saturated rings. The van der Waals surface area contributed by atoms with E-state index in [2.05, 4.69) is 68.0 Å². The minimum atomic E-state index is 0.0942. The number of carbonyl (C=O) groups excluding carboxylic acids is 1. The summed E-state index contributed by atoms with van der Waals surface area (Å²) < 4.78 is 5.01. The number of aromatic nitrogens is 2. The van der Waals surface area contributed by atoms with Crippen LogP contribution in [0.25, 0.3) is 22.2 Å². The largest absolute Gasteiger partial charge is 0.375 e. The van der Waals surface area contributed by atoms with Crippen molar-refractivity contribution < 1.29 is 9.53 Å². The second-order valence-corrected chi connectivity index (χ2v) is 9.10. The van der Waals surface area contributed by atoms with E-state index >= 15 is 0 Å². The number of nitrogens with one attached hydrogen (secondary N) is 1. The quantitative estimate of drug-likeness (QED) is 0.609. The van der Waals surface area contributed by atoms with E-state index in [0.29, 0.717) is 11.8 Å². The second kappa shape index (κ2) is 8.83. The topological polar surface area (TPSA) is 58.2 Å². The van der Waals surface area contributed by atoms with Crippen molar-refractivity contribution in [2.24, 2.45) is 0 Å². The molecule has 0 spiro atoms. The molecule has 3 aromatic rings. The van der Waals surface area contributed by atoms with E-state index in [1.54, 1.807) is 7.11 Å². The molecule has 164 valence electrons. The first-order valence-electron chi connectivity index (χ1n) is 11.2. The summed E-state index contributed by atoms with van der Waals surface area (Å²) in [5.41, 5.74) is 8.42. The highest BCUT2D eigenvalue weighted by Gasteiger charge is 2.25. The van der Waals surface area contributed by atoms with Crippen LogP contribution in [0.4, 0.5) is 0 Å². The fraction of sp³-hybridized carbons (Fsp3) is 0.462. The van der Waals surface area contributed by atoms with Gasteiger partial charge < -0.3 is 14.6 Å². The van der Waals surface area contributed by atoms with E-state index in [9.17, 15) is 4.79 Å². The van der Waals surface area contributed by atoms with E-state index in [1.807, 2.05) is 4.90 Å². The number of methoxy groups -OCH3 is 1. The lowest BCUT2D eigenvalue weighted by Crippen LogP contribution is -2.39. The number of rotatable bonds is 5. The van der Waals surface area contributed by atoms with Crippen LogP contribution in [-0.2, 0) is 9.53 Å². The third-order valence-corrected chi connectivity index (χ3v) is 6.40. The number of fused-ring (bicyclic) bond motifs is 1. The third kappa shape index (κ3) is 4.38. The molecule has 4 rings (SSSR count). The Morgan fingerprint density at radius 1 is 1.16 bits per heavy atom. The van der Waals surface area contributed by atoms with Crippen LogP contribution in [0.5, 0.6) is 0 Å². The molecule has 1 saturated heterocycles. The summed E-state index contributed by atoms with van der Waals surface area (Å²) >= 11 is 0. The highest BCUT2D eigenvalue weighted by molar-refractivity contribution is 5.92. The van der Waals surface area contributed by atoms with Gasteiger partial charge in [0.2, 0.25) is 5.91 Å². The van der Waals surface area contributed by atoms with Gasteiger partial charge in [-0.15, -0.1) is 0 Å². The number of hydrogen-bond donors (Lipinski definition) is 1. The Balaban J connectivity index is 1.66. The number of aromatic amines is 1. The van der Waals surface area contributed by atoms with Gasteiger partial charge in [0.25, 0.3) is 0 Å². The van der Waals surface area contributed by atoms with Crippen molar-refractivity contribution >= 4 is 16.8 Å². The molecule has 5 heteroatoms. The van der Waals surface area contributed by atoms with Crippen LogP contribution in [0.15, 0.2) is 30.3 Å². The number of benzene rings is 1. The monoisotopic (exact) mass is 419 g/mol. The first kappa shape index (κ1) is 21.6. The summed E-state index contributed by atoms with van der Waals surface area (Å²) in [7, 11) is 1.58. The summed E-state index contributed by atoms with van der Waals surface area (Å²) in [5, 5.41) is 1.31. The molecule has 0 bridgehead atoms. The summed E-state index contributed by atoms with van der Waals surface area (Å²) in [6.07, 6.45) is 2.00. The Kier molecular flexibility index (Phi) is 6.15. The molecule has 1 aliphatic rings. The summed E-state index contributed by atoms with van der Waals surface area (Å²) in [4.78, 5) is 22.3. The van der Waals surface area contributed by atoms with E-state index in [0.717, 1.165) is 37.3 Å². The fourth-order valence-electron chi connectivity index (χ4n) is 4.97. The first-order chi connectivity index (χ1) is 14.9. The van der Waals surface area contributed by atoms with Gasteiger partial charge in [-0.05, 0) is 73.9 Å². The number of hydrogen-bond acceptors (Lipinski definition) is 3. The highest BCUT2D eigenvalue weighted by Crippen LogP contribution is 2.38. The summed E-state index contributed by atoms with van der Waals surface area (Å²) in [6, 6.07) is 11.2. The standard InChI is InChI=1S/C26H33N3O2/c1-16(2)25-22-14-20(19-8-10-29(11-9-19)24(30)15-31-5)6-7-23(22)28-26(25)21-12-17(3)27-18(4)13-21/h6-7,12-14,16,19,28H,8-11,15H2,1-5H3. The van der Waals surface area contributed by atoms with Gasteiger partial charge in [-0.1, -0.05) is 19.9 Å². The molecular weight excluding hydrogens is 386 g/mol. The maximum Gasteiger partial charge on any atom is 0.248 e. The van der Waals surface area contributed by atoms with Gasteiger partial charge in [0.15, 0.2) is 0 Å². The maximum atomic E-state index is 12.1. The van der Waals surface area contributed by atoms with Crippen LogP contribution >= 0.6 is 0 Å².